The first-order chi connectivity index (χ1) is 9.29. The van der Waals surface area contributed by atoms with Crippen LogP contribution < -0.4 is 4.72 Å². The van der Waals surface area contributed by atoms with E-state index in [4.69, 9.17) is 5.11 Å². The van der Waals surface area contributed by atoms with Gasteiger partial charge in [-0.2, -0.15) is 5.10 Å². The number of benzene rings is 1. The molecule has 1 heterocycles. The molecule has 0 aliphatic carbocycles. The molecule has 7 nitrogen and oxygen atoms in total. The Hall–Kier alpha value is -1.62. The van der Waals surface area contributed by atoms with Crippen molar-refractivity contribution < 1.29 is 18.3 Å². The van der Waals surface area contributed by atoms with E-state index in [-0.39, 0.29) is 16.3 Å². The van der Waals surface area contributed by atoms with E-state index in [1.807, 2.05) is 22.6 Å². The molecule has 2 rings (SSSR count). The molecule has 0 amide bonds. The molecule has 0 radical (unpaired) electrons. The van der Waals surface area contributed by atoms with Gasteiger partial charge in [0.1, 0.15) is 0 Å². The Kier molecular flexibility index (Phi) is 3.99. The van der Waals surface area contributed by atoms with Crippen LogP contribution in [-0.2, 0) is 17.1 Å². The highest BCUT2D eigenvalue weighted by Crippen LogP contribution is 2.20. The summed E-state index contributed by atoms with van der Waals surface area (Å²) in [5.41, 5.74) is -0.0607. The maximum Gasteiger partial charge on any atom is 0.336 e. The van der Waals surface area contributed by atoms with Crippen LogP contribution in [0, 0.1) is 3.57 Å². The number of sulfonamides is 1. The number of aromatic nitrogens is 2. The van der Waals surface area contributed by atoms with Crippen molar-refractivity contribution in [3.05, 3.63) is 39.6 Å². The number of carboxylic acids is 1. The van der Waals surface area contributed by atoms with Crippen LogP contribution in [0.25, 0.3) is 0 Å². The molecule has 0 fully saturated rings. The molecule has 0 unspecified atom stereocenters. The Morgan fingerprint density at radius 3 is 2.65 bits per heavy atom. The van der Waals surface area contributed by atoms with Gasteiger partial charge in [0, 0.05) is 22.9 Å². The van der Waals surface area contributed by atoms with Gasteiger partial charge in [-0.05, 0) is 40.8 Å². The van der Waals surface area contributed by atoms with Gasteiger partial charge >= 0.3 is 5.97 Å². The third-order valence-electron chi connectivity index (χ3n) is 2.43. The van der Waals surface area contributed by atoms with Crippen molar-refractivity contribution in [2.24, 2.45) is 7.05 Å². The molecule has 0 aliphatic rings. The summed E-state index contributed by atoms with van der Waals surface area (Å²) < 4.78 is 28.5. The van der Waals surface area contributed by atoms with E-state index in [0.717, 1.165) is 6.07 Å². The first-order valence-corrected chi connectivity index (χ1v) is 7.91. The van der Waals surface area contributed by atoms with Crippen molar-refractivity contribution in [3.63, 3.8) is 0 Å². The van der Waals surface area contributed by atoms with Crippen LogP contribution in [0.1, 0.15) is 10.4 Å². The van der Waals surface area contributed by atoms with E-state index in [1.54, 1.807) is 13.2 Å². The Morgan fingerprint density at radius 2 is 2.10 bits per heavy atom. The summed E-state index contributed by atoms with van der Waals surface area (Å²) in [6.45, 7) is 0. The van der Waals surface area contributed by atoms with Crippen molar-refractivity contribution >= 4 is 44.4 Å². The average Bonchev–Trinajstić information content (AvgIpc) is 2.73. The average molecular weight is 407 g/mol. The van der Waals surface area contributed by atoms with Crippen molar-refractivity contribution in [2.45, 2.75) is 4.90 Å². The summed E-state index contributed by atoms with van der Waals surface area (Å²) >= 11 is 1.84. The fourth-order valence-electron chi connectivity index (χ4n) is 1.50. The zero-order valence-electron chi connectivity index (χ0n) is 10.2. The molecule has 0 saturated heterocycles. The Balaban J connectivity index is 2.39. The number of anilines is 1. The molecule has 1 aromatic carbocycles. The fraction of sp³-hybridized carbons (Fsp3) is 0.0909. The van der Waals surface area contributed by atoms with Gasteiger partial charge in [-0.3, -0.25) is 9.40 Å². The summed E-state index contributed by atoms with van der Waals surface area (Å²) in [6.07, 6.45) is 1.59. The van der Waals surface area contributed by atoms with Gasteiger partial charge in [0.05, 0.1) is 10.5 Å². The SMILES string of the molecule is Cn1ccc(NS(=O)(=O)c2ccc(I)c(C(=O)O)c2)n1. The number of rotatable bonds is 4. The number of halogens is 1. The normalized spacial score (nSPS) is 11.3. The van der Waals surface area contributed by atoms with Crippen LogP contribution in [0.2, 0.25) is 0 Å². The largest absolute Gasteiger partial charge is 0.478 e. The van der Waals surface area contributed by atoms with Crippen molar-refractivity contribution in [2.75, 3.05) is 4.72 Å². The van der Waals surface area contributed by atoms with Gasteiger partial charge in [0.25, 0.3) is 10.0 Å². The van der Waals surface area contributed by atoms with Crippen molar-refractivity contribution in [3.8, 4) is 0 Å². The molecule has 0 aliphatic heterocycles. The summed E-state index contributed by atoms with van der Waals surface area (Å²) in [7, 11) is -2.21. The van der Waals surface area contributed by atoms with E-state index < -0.39 is 16.0 Å². The number of carbonyl (C=O) groups is 1. The fourth-order valence-corrected chi connectivity index (χ4v) is 3.09. The molecule has 2 N–H and O–H groups in total. The summed E-state index contributed by atoms with van der Waals surface area (Å²) in [5, 5.41) is 12.9. The molecule has 2 aromatic rings. The summed E-state index contributed by atoms with van der Waals surface area (Å²) in [6, 6.07) is 5.41. The molecule has 9 heteroatoms. The van der Waals surface area contributed by atoms with Gasteiger partial charge in [-0.1, -0.05) is 0 Å². The maximum atomic E-state index is 12.1. The molecule has 1 aromatic heterocycles. The quantitative estimate of drug-likeness (QED) is 0.749. The number of carboxylic acid groups (broad SMARTS) is 1. The van der Waals surface area contributed by atoms with Gasteiger partial charge in [0.2, 0.25) is 0 Å². The monoisotopic (exact) mass is 407 g/mol. The van der Waals surface area contributed by atoms with Gasteiger partial charge in [0.15, 0.2) is 5.82 Å². The number of nitrogens with zero attached hydrogens (tertiary/aromatic N) is 2. The number of hydrogen-bond donors (Lipinski definition) is 2. The summed E-state index contributed by atoms with van der Waals surface area (Å²) in [5.74, 6) is -1.01. The lowest BCUT2D eigenvalue weighted by molar-refractivity contribution is 0.0695. The minimum absolute atomic E-state index is 0.0607. The lowest BCUT2D eigenvalue weighted by Crippen LogP contribution is -2.14. The Bertz CT molecular complexity index is 770. The first kappa shape index (κ1) is 14.8. The third kappa shape index (κ3) is 3.10. The number of hydrogen-bond acceptors (Lipinski definition) is 4. The van der Waals surface area contributed by atoms with Gasteiger partial charge < -0.3 is 5.11 Å². The Labute approximate surface area is 128 Å². The van der Waals surface area contributed by atoms with E-state index in [9.17, 15) is 13.2 Å². The topological polar surface area (TPSA) is 101 Å². The van der Waals surface area contributed by atoms with Gasteiger partial charge in [-0.25, -0.2) is 13.2 Å². The molecule has 20 heavy (non-hydrogen) atoms. The van der Waals surface area contributed by atoms with E-state index in [0.29, 0.717) is 3.57 Å². The second kappa shape index (κ2) is 5.40. The Morgan fingerprint density at radius 1 is 1.40 bits per heavy atom. The van der Waals surface area contributed by atoms with Crippen molar-refractivity contribution in [1.29, 1.82) is 0 Å². The summed E-state index contributed by atoms with van der Waals surface area (Å²) in [4.78, 5) is 10.9. The van der Waals surface area contributed by atoms with Crippen LogP contribution in [-0.4, -0.2) is 29.3 Å². The maximum absolute atomic E-state index is 12.1. The second-order valence-electron chi connectivity index (χ2n) is 3.93. The smallest absolute Gasteiger partial charge is 0.336 e. The number of aryl methyl sites for hydroxylation is 1. The first-order valence-electron chi connectivity index (χ1n) is 5.35. The lowest BCUT2D eigenvalue weighted by atomic mass is 10.2. The van der Waals surface area contributed by atoms with Crippen LogP contribution in [0.4, 0.5) is 5.82 Å². The molecular formula is C11H10IN3O4S. The molecule has 0 saturated carbocycles. The second-order valence-corrected chi connectivity index (χ2v) is 6.77. The minimum Gasteiger partial charge on any atom is -0.478 e. The van der Waals surface area contributed by atoms with Crippen molar-refractivity contribution in [1.82, 2.24) is 9.78 Å². The van der Waals surface area contributed by atoms with Crippen LogP contribution in [0.5, 0.6) is 0 Å². The van der Waals surface area contributed by atoms with Crippen LogP contribution >= 0.6 is 22.6 Å². The zero-order chi connectivity index (χ0) is 14.9. The number of aromatic carboxylic acids is 1. The third-order valence-corrected chi connectivity index (χ3v) is 4.72. The highest BCUT2D eigenvalue weighted by molar-refractivity contribution is 14.1. The number of nitrogens with one attached hydrogen (secondary N) is 1. The molecule has 106 valence electrons. The standard InChI is InChI=1S/C11H10IN3O4S/c1-15-5-4-10(13-15)14-20(18,19)7-2-3-9(12)8(6-7)11(16)17/h2-6H,1H3,(H,13,14)(H,16,17). The predicted molar refractivity (Wildman–Crippen MR) is 80.1 cm³/mol. The molecular weight excluding hydrogens is 397 g/mol. The lowest BCUT2D eigenvalue weighted by Gasteiger charge is -2.07. The highest BCUT2D eigenvalue weighted by Gasteiger charge is 2.19. The zero-order valence-corrected chi connectivity index (χ0v) is 13.2. The van der Waals surface area contributed by atoms with Crippen LogP contribution in [0.3, 0.4) is 0 Å². The minimum atomic E-state index is -3.87. The molecule has 0 spiro atoms. The highest BCUT2D eigenvalue weighted by atomic mass is 127. The molecule has 0 bridgehead atoms. The van der Waals surface area contributed by atoms with E-state index in [1.165, 1.54) is 22.9 Å². The van der Waals surface area contributed by atoms with E-state index >= 15 is 0 Å². The van der Waals surface area contributed by atoms with Crippen LogP contribution in [0.15, 0.2) is 35.4 Å². The predicted octanol–water partition coefficient (Wildman–Crippen LogP) is 1.52. The molecule has 0 atom stereocenters. The van der Waals surface area contributed by atoms with Gasteiger partial charge in [-0.15, -0.1) is 0 Å². The van der Waals surface area contributed by atoms with E-state index in [2.05, 4.69) is 9.82 Å².